The molecular weight excluding hydrogens is 194 g/mol. The summed E-state index contributed by atoms with van der Waals surface area (Å²) in [5, 5.41) is 8.56. The number of rotatable bonds is 1. The second-order valence-corrected chi connectivity index (χ2v) is 3.92. The van der Waals surface area contributed by atoms with Gasteiger partial charge in [0.1, 0.15) is 0 Å². The molecule has 0 aromatic rings. The van der Waals surface area contributed by atoms with Gasteiger partial charge in [0.15, 0.2) is 0 Å². The predicted octanol–water partition coefficient (Wildman–Crippen LogP) is 0.690. The molecule has 0 spiro atoms. The summed E-state index contributed by atoms with van der Waals surface area (Å²) in [7, 11) is 0. The molecule has 6 heteroatoms. The average Bonchev–Trinajstić information content (AvgIpc) is 2.26. The molecule has 2 aliphatic rings. The van der Waals surface area contributed by atoms with Crippen LogP contribution in [0.15, 0.2) is 0 Å². The lowest BCUT2D eigenvalue weighted by Crippen LogP contribution is -2.60. The van der Waals surface area contributed by atoms with Gasteiger partial charge in [-0.25, -0.2) is 13.6 Å². The first-order chi connectivity index (χ1) is 6.48. The summed E-state index contributed by atoms with van der Waals surface area (Å²) in [6, 6.07) is -0.000486. The largest absolute Gasteiger partial charge is 0.465 e. The number of carboxylic acid groups (broad SMARTS) is 1. The molecule has 2 heterocycles. The van der Waals surface area contributed by atoms with Gasteiger partial charge in [0, 0.05) is 32.1 Å². The van der Waals surface area contributed by atoms with E-state index in [9.17, 15) is 13.6 Å². The van der Waals surface area contributed by atoms with Crippen LogP contribution in [0.2, 0.25) is 0 Å². The van der Waals surface area contributed by atoms with Crippen LogP contribution in [0, 0.1) is 0 Å². The first kappa shape index (κ1) is 9.64. The maximum absolute atomic E-state index is 12.8. The number of hydrogen-bond acceptors (Lipinski definition) is 2. The SMILES string of the molecule is O=C(O)N1CC(N2CCC(F)(F)C2)C1. The van der Waals surface area contributed by atoms with Crippen LogP contribution in [-0.4, -0.2) is 59.1 Å². The monoisotopic (exact) mass is 206 g/mol. The quantitative estimate of drug-likeness (QED) is 0.686. The Kier molecular flexibility index (Phi) is 2.10. The Bertz CT molecular complexity index is 254. The van der Waals surface area contributed by atoms with Gasteiger partial charge in [-0.1, -0.05) is 0 Å². The van der Waals surface area contributed by atoms with E-state index in [-0.39, 0.29) is 19.0 Å². The third-order valence-electron chi connectivity index (χ3n) is 2.85. The van der Waals surface area contributed by atoms with Gasteiger partial charge in [0.2, 0.25) is 0 Å². The molecule has 0 saturated carbocycles. The Hall–Kier alpha value is -0.910. The molecule has 1 N–H and O–H groups in total. The summed E-state index contributed by atoms with van der Waals surface area (Å²) in [4.78, 5) is 13.3. The molecule has 0 aliphatic carbocycles. The maximum atomic E-state index is 12.8. The Balaban J connectivity index is 1.81. The first-order valence-electron chi connectivity index (χ1n) is 4.58. The first-order valence-corrected chi connectivity index (χ1v) is 4.58. The fraction of sp³-hybridized carbons (Fsp3) is 0.875. The van der Waals surface area contributed by atoms with E-state index in [1.165, 1.54) is 4.90 Å². The molecular formula is C8H12F2N2O2. The highest BCUT2D eigenvalue weighted by Crippen LogP contribution is 2.30. The topological polar surface area (TPSA) is 43.8 Å². The van der Waals surface area contributed by atoms with E-state index in [4.69, 9.17) is 5.11 Å². The van der Waals surface area contributed by atoms with Crippen LogP contribution in [0.5, 0.6) is 0 Å². The molecule has 4 nitrogen and oxygen atoms in total. The fourth-order valence-electron chi connectivity index (χ4n) is 1.92. The minimum absolute atomic E-state index is 0.000486. The molecule has 0 radical (unpaired) electrons. The van der Waals surface area contributed by atoms with Crippen molar-refractivity contribution in [3.8, 4) is 0 Å². The molecule has 2 rings (SSSR count). The predicted molar refractivity (Wildman–Crippen MR) is 44.5 cm³/mol. The number of likely N-dealkylation sites (tertiary alicyclic amines) is 2. The highest BCUT2D eigenvalue weighted by molar-refractivity contribution is 5.66. The van der Waals surface area contributed by atoms with Crippen molar-refractivity contribution in [2.75, 3.05) is 26.2 Å². The number of carbonyl (C=O) groups is 1. The zero-order valence-electron chi connectivity index (χ0n) is 7.62. The fourth-order valence-corrected chi connectivity index (χ4v) is 1.92. The van der Waals surface area contributed by atoms with Crippen LogP contribution in [0.4, 0.5) is 13.6 Å². The average molecular weight is 206 g/mol. The lowest BCUT2D eigenvalue weighted by atomic mass is 10.1. The number of nitrogens with zero attached hydrogens (tertiary/aromatic N) is 2. The lowest BCUT2D eigenvalue weighted by Gasteiger charge is -2.42. The standard InChI is InChI=1S/C8H12F2N2O2/c9-8(10)1-2-11(5-8)6-3-12(4-6)7(13)14/h6H,1-5H2,(H,13,14). The van der Waals surface area contributed by atoms with E-state index in [2.05, 4.69) is 0 Å². The van der Waals surface area contributed by atoms with Gasteiger partial charge in [0.05, 0.1) is 6.54 Å². The molecule has 14 heavy (non-hydrogen) atoms. The van der Waals surface area contributed by atoms with E-state index in [0.29, 0.717) is 19.6 Å². The highest BCUT2D eigenvalue weighted by atomic mass is 19.3. The van der Waals surface area contributed by atoms with Crippen molar-refractivity contribution in [1.82, 2.24) is 9.80 Å². The Morgan fingerprint density at radius 1 is 1.43 bits per heavy atom. The van der Waals surface area contributed by atoms with Gasteiger partial charge in [-0.2, -0.15) is 0 Å². The van der Waals surface area contributed by atoms with E-state index in [1.54, 1.807) is 4.90 Å². The van der Waals surface area contributed by atoms with Gasteiger partial charge < -0.3 is 10.0 Å². The minimum Gasteiger partial charge on any atom is -0.465 e. The van der Waals surface area contributed by atoms with Gasteiger partial charge in [0.25, 0.3) is 5.92 Å². The van der Waals surface area contributed by atoms with Gasteiger partial charge in [-0.15, -0.1) is 0 Å². The van der Waals surface area contributed by atoms with Crippen molar-refractivity contribution in [3.63, 3.8) is 0 Å². The molecule has 0 aromatic heterocycles. The van der Waals surface area contributed by atoms with Crippen LogP contribution in [0.25, 0.3) is 0 Å². The van der Waals surface area contributed by atoms with Crippen LogP contribution < -0.4 is 0 Å². The number of amides is 1. The molecule has 2 fully saturated rings. The zero-order chi connectivity index (χ0) is 10.3. The molecule has 1 amide bonds. The zero-order valence-corrected chi connectivity index (χ0v) is 7.62. The van der Waals surface area contributed by atoms with Crippen LogP contribution in [-0.2, 0) is 0 Å². The highest BCUT2D eigenvalue weighted by Gasteiger charge is 2.44. The third kappa shape index (κ3) is 1.66. The molecule has 80 valence electrons. The molecule has 0 bridgehead atoms. The molecule has 0 aromatic carbocycles. The summed E-state index contributed by atoms with van der Waals surface area (Å²) in [5.74, 6) is -2.58. The Morgan fingerprint density at radius 2 is 2.07 bits per heavy atom. The lowest BCUT2D eigenvalue weighted by molar-refractivity contribution is -0.00843. The second kappa shape index (κ2) is 3.05. The smallest absolute Gasteiger partial charge is 0.407 e. The van der Waals surface area contributed by atoms with Crippen molar-refractivity contribution in [2.45, 2.75) is 18.4 Å². The second-order valence-electron chi connectivity index (χ2n) is 3.92. The van der Waals surface area contributed by atoms with Crippen molar-refractivity contribution < 1.29 is 18.7 Å². The van der Waals surface area contributed by atoms with Crippen molar-refractivity contribution >= 4 is 6.09 Å². The summed E-state index contributed by atoms with van der Waals surface area (Å²) < 4.78 is 25.6. The van der Waals surface area contributed by atoms with Gasteiger partial charge in [-0.3, -0.25) is 4.90 Å². The van der Waals surface area contributed by atoms with Crippen LogP contribution in [0.3, 0.4) is 0 Å². The summed E-state index contributed by atoms with van der Waals surface area (Å²) >= 11 is 0. The number of alkyl halides is 2. The minimum atomic E-state index is -2.58. The number of hydrogen-bond donors (Lipinski definition) is 1. The Morgan fingerprint density at radius 3 is 2.50 bits per heavy atom. The normalized spacial score (nSPS) is 27.7. The van der Waals surface area contributed by atoms with Crippen molar-refractivity contribution in [1.29, 1.82) is 0 Å². The Labute approximate surface area is 80.1 Å². The molecule has 0 atom stereocenters. The summed E-state index contributed by atoms with van der Waals surface area (Å²) in [6.45, 7) is 0.896. The number of halogens is 2. The van der Waals surface area contributed by atoms with E-state index in [0.717, 1.165) is 0 Å². The van der Waals surface area contributed by atoms with Gasteiger partial charge in [-0.05, 0) is 0 Å². The molecule has 2 saturated heterocycles. The molecule has 0 unspecified atom stereocenters. The summed E-state index contributed by atoms with van der Waals surface area (Å²) in [5.41, 5.74) is 0. The van der Waals surface area contributed by atoms with E-state index >= 15 is 0 Å². The van der Waals surface area contributed by atoms with E-state index in [1.807, 2.05) is 0 Å². The van der Waals surface area contributed by atoms with Crippen LogP contribution in [0.1, 0.15) is 6.42 Å². The third-order valence-corrected chi connectivity index (χ3v) is 2.85. The summed E-state index contributed by atoms with van der Waals surface area (Å²) in [6.07, 6.45) is -1.07. The van der Waals surface area contributed by atoms with Crippen LogP contribution >= 0.6 is 0 Å². The van der Waals surface area contributed by atoms with E-state index < -0.39 is 12.0 Å². The van der Waals surface area contributed by atoms with Crippen molar-refractivity contribution in [2.24, 2.45) is 0 Å². The van der Waals surface area contributed by atoms with Crippen molar-refractivity contribution in [3.05, 3.63) is 0 Å². The maximum Gasteiger partial charge on any atom is 0.407 e. The van der Waals surface area contributed by atoms with Gasteiger partial charge >= 0.3 is 6.09 Å². The molecule has 2 aliphatic heterocycles.